The molecular weight excluding hydrogens is 224 g/mol. The summed E-state index contributed by atoms with van der Waals surface area (Å²) in [6.07, 6.45) is 1.26. The lowest BCUT2D eigenvalue weighted by molar-refractivity contribution is -0.197. The number of aliphatic hydroxyl groups is 5. The Morgan fingerprint density at radius 1 is 1.06 bits per heavy atom. The third-order valence-corrected chi connectivity index (χ3v) is 3.87. The van der Waals surface area contributed by atoms with Gasteiger partial charge in [-0.1, -0.05) is 26.7 Å². The summed E-state index contributed by atoms with van der Waals surface area (Å²) >= 11 is 0. The first-order valence-electron chi connectivity index (χ1n) is 6.21. The van der Waals surface area contributed by atoms with E-state index in [4.69, 9.17) is 5.11 Å². The Hall–Kier alpha value is -0.200. The van der Waals surface area contributed by atoms with Crippen molar-refractivity contribution in [1.82, 2.24) is 0 Å². The number of rotatable bonds is 9. The largest absolute Gasteiger partial charge is 0.394 e. The van der Waals surface area contributed by atoms with Gasteiger partial charge < -0.3 is 25.5 Å². The van der Waals surface area contributed by atoms with Crippen LogP contribution >= 0.6 is 0 Å². The van der Waals surface area contributed by atoms with E-state index in [-0.39, 0.29) is 0 Å². The molecule has 0 radical (unpaired) electrons. The molecule has 0 aromatic carbocycles. The first-order valence-corrected chi connectivity index (χ1v) is 6.21. The molecular formula is C12H26O5. The molecule has 104 valence electrons. The van der Waals surface area contributed by atoms with E-state index in [2.05, 4.69) is 0 Å². The first kappa shape index (κ1) is 16.8. The fraction of sp³-hybridized carbons (Fsp3) is 1.00. The normalized spacial score (nSPS) is 17.8. The lowest BCUT2D eigenvalue weighted by atomic mass is 9.64. The smallest absolute Gasteiger partial charge is 0.119 e. The summed E-state index contributed by atoms with van der Waals surface area (Å²) in [5, 5.41) is 48.0. The zero-order chi connectivity index (χ0) is 13.5. The highest BCUT2D eigenvalue weighted by Crippen LogP contribution is 2.43. The molecule has 0 saturated carbocycles. The summed E-state index contributed by atoms with van der Waals surface area (Å²) in [6.45, 7) is 1.96. The molecule has 2 unspecified atom stereocenters. The van der Waals surface area contributed by atoms with E-state index < -0.39 is 36.9 Å². The Kier molecular flexibility index (Phi) is 7.20. The third-order valence-electron chi connectivity index (χ3n) is 3.87. The molecule has 0 bridgehead atoms. The van der Waals surface area contributed by atoms with E-state index in [1.807, 2.05) is 6.92 Å². The molecule has 0 aromatic heterocycles. The molecule has 0 aliphatic carbocycles. The second-order valence-corrected chi connectivity index (χ2v) is 4.66. The van der Waals surface area contributed by atoms with Crippen LogP contribution in [0.2, 0.25) is 0 Å². The van der Waals surface area contributed by atoms with Crippen LogP contribution in [0.15, 0.2) is 0 Å². The number of unbranched alkanes of at least 4 members (excludes halogenated alkanes) is 1. The second-order valence-electron chi connectivity index (χ2n) is 4.66. The minimum absolute atomic E-state index is 0.367. The molecule has 5 heteroatoms. The third kappa shape index (κ3) is 3.17. The zero-order valence-electron chi connectivity index (χ0n) is 10.8. The van der Waals surface area contributed by atoms with E-state index in [9.17, 15) is 20.4 Å². The summed E-state index contributed by atoms with van der Waals surface area (Å²) in [5.41, 5.74) is -2.86. The Morgan fingerprint density at radius 2 is 1.59 bits per heavy atom. The van der Waals surface area contributed by atoms with E-state index in [1.165, 1.54) is 0 Å². The molecule has 0 spiro atoms. The monoisotopic (exact) mass is 250 g/mol. The van der Waals surface area contributed by atoms with E-state index in [0.717, 1.165) is 12.8 Å². The van der Waals surface area contributed by atoms with Crippen LogP contribution in [0.3, 0.4) is 0 Å². The SMILES string of the molecule is CCCCC(CC)(C(O)CO)C(O)(CO)CO. The Morgan fingerprint density at radius 3 is 1.88 bits per heavy atom. The van der Waals surface area contributed by atoms with Gasteiger partial charge in [-0.05, 0) is 12.8 Å². The minimum atomic E-state index is -1.78. The van der Waals surface area contributed by atoms with E-state index >= 15 is 0 Å². The van der Waals surface area contributed by atoms with Gasteiger partial charge in [0.05, 0.1) is 25.9 Å². The average Bonchev–Trinajstić information content (AvgIpc) is 2.38. The van der Waals surface area contributed by atoms with E-state index in [0.29, 0.717) is 12.8 Å². The molecule has 0 aliphatic rings. The van der Waals surface area contributed by atoms with Crippen molar-refractivity contribution in [2.75, 3.05) is 19.8 Å². The molecule has 5 N–H and O–H groups in total. The average molecular weight is 250 g/mol. The number of aliphatic hydroxyl groups excluding tert-OH is 4. The van der Waals surface area contributed by atoms with Crippen LogP contribution in [-0.2, 0) is 0 Å². The van der Waals surface area contributed by atoms with Gasteiger partial charge >= 0.3 is 0 Å². The summed E-state index contributed by atoms with van der Waals surface area (Å²) in [4.78, 5) is 0. The van der Waals surface area contributed by atoms with Gasteiger partial charge in [0.25, 0.3) is 0 Å². The molecule has 0 rings (SSSR count). The van der Waals surface area contributed by atoms with Crippen LogP contribution in [0, 0.1) is 5.41 Å². The maximum absolute atomic E-state index is 10.3. The molecule has 0 aromatic rings. The molecule has 2 atom stereocenters. The quantitative estimate of drug-likeness (QED) is 0.385. The molecule has 17 heavy (non-hydrogen) atoms. The van der Waals surface area contributed by atoms with Crippen LogP contribution in [0.25, 0.3) is 0 Å². The fourth-order valence-electron chi connectivity index (χ4n) is 2.48. The number of hydrogen-bond acceptors (Lipinski definition) is 5. The lowest BCUT2D eigenvalue weighted by Crippen LogP contribution is -2.60. The van der Waals surface area contributed by atoms with Gasteiger partial charge in [-0.3, -0.25) is 0 Å². The first-order chi connectivity index (χ1) is 7.97. The highest BCUT2D eigenvalue weighted by molar-refractivity contribution is 5.02. The van der Waals surface area contributed by atoms with Gasteiger partial charge in [0, 0.05) is 5.41 Å². The van der Waals surface area contributed by atoms with Gasteiger partial charge in [-0.2, -0.15) is 0 Å². The molecule has 0 saturated heterocycles. The predicted molar refractivity (Wildman–Crippen MR) is 64.5 cm³/mol. The summed E-state index contributed by atoms with van der Waals surface area (Å²) in [7, 11) is 0. The van der Waals surface area contributed by atoms with Gasteiger partial charge in [0.2, 0.25) is 0 Å². The lowest BCUT2D eigenvalue weighted by Gasteiger charge is -2.48. The maximum Gasteiger partial charge on any atom is 0.119 e. The zero-order valence-corrected chi connectivity index (χ0v) is 10.8. The molecule has 0 fully saturated rings. The molecule has 0 amide bonds. The van der Waals surface area contributed by atoms with Crippen LogP contribution in [0.4, 0.5) is 0 Å². The fourth-order valence-corrected chi connectivity index (χ4v) is 2.48. The molecule has 5 nitrogen and oxygen atoms in total. The molecule has 0 heterocycles. The van der Waals surface area contributed by atoms with Crippen LogP contribution < -0.4 is 0 Å². The summed E-state index contributed by atoms with van der Waals surface area (Å²) in [5.74, 6) is 0. The van der Waals surface area contributed by atoms with Crippen molar-refractivity contribution in [3.63, 3.8) is 0 Å². The van der Waals surface area contributed by atoms with Crippen LogP contribution in [0.1, 0.15) is 39.5 Å². The summed E-state index contributed by atoms with van der Waals surface area (Å²) < 4.78 is 0. The maximum atomic E-state index is 10.3. The van der Waals surface area contributed by atoms with Gasteiger partial charge in [-0.15, -0.1) is 0 Å². The highest BCUT2D eigenvalue weighted by Gasteiger charge is 2.52. The van der Waals surface area contributed by atoms with Crippen LogP contribution in [-0.4, -0.2) is 57.1 Å². The van der Waals surface area contributed by atoms with Gasteiger partial charge in [-0.25, -0.2) is 0 Å². The van der Waals surface area contributed by atoms with Crippen molar-refractivity contribution in [3.05, 3.63) is 0 Å². The topological polar surface area (TPSA) is 101 Å². The predicted octanol–water partition coefficient (Wildman–Crippen LogP) is -0.358. The van der Waals surface area contributed by atoms with E-state index in [1.54, 1.807) is 6.92 Å². The molecule has 0 aliphatic heterocycles. The van der Waals surface area contributed by atoms with Crippen molar-refractivity contribution in [3.8, 4) is 0 Å². The standard InChI is InChI=1S/C12H26O5/c1-3-5-6-11(4-2,10(16)7-13)12(17,8-14)9-15/h10,13-17H,3-9H2,1-2H3. The Labute approximate surface area is 103 Å². The summed E-state index contributed by atoms with van der Waals surface area (Å²) in [6, 6.07) is 0. The van der Waals surface area contributed by atoms with Crippen molar-refractivity contribution in [1.29, 1.82) is 0 Å². The minimum Gasteiger partial charge on any atom is -0.394 e. The number of hydrogen-bond donors (Lipinski definition) is 5. The van der Waals surface area contributed by atoms with Crippen molar-refractivity contribution < 1.29 is 25.5 Å². The van der Waals surface area contributed by atoms with Crippen molar-refractivity contribution >= 4 is 0 Å². The Bertz CT molecular complexity index is 205. The van der Waals surface area contributed by atoms with Crippen molar-refractivity contribution in [2.24, 2.45) is 5.41 Å². The second kappa shape index (κ2) is 7.28. The highest BCUT2D eigenvalue weighted by atomic mass is 16.4. The van der Waals surface area contributed by atoms with Crippen LogP contribution in [0.5, 0.6) is 0 Å². The Balaban J connectivity index is 5.29. The van der Waals surface area contributed by atoms with Gasteiger partial charge in [0.1, 0.15) is 5.60 Å². The van der Waals surface area contributed by atoms with Crippen molar-refractivity contribution in [2.45, 2.75) is 51.2 Å². The van der Waals surface area contributed by atoms with Gasteiger partial charge in [0.15, 0.2) is 0 Å².